The van der Waals surface area contributed by atoms with Crippen molar-refractivity contribution in [3.8, 4) is 22.6 Å². The van der Waals surface area contributed by atoms with Crippen LogP contribution >= 0.6 is 0 Å². The third-order valence-electron chi connectivity index (χ3n) is 5.36. The molecule has 0 saturated carbocycles. The Morgan fingerprint density at radius 1 is 0.926 bits per heavy atom. The maximum atomic E-state index is 6.15. The zero-order valence-electron chi connectivity index (χ0n) is 15.6. The number of pyridine rings is 1. The van der Waals surface area contributed by atoms with Crippen LogP contribution in [-0.4, -0.2) is 9.55 Å². The van der Waals surface area contributed by atoms with E-state index >= 15 is 0 Å². The van der Waals surface area contributed by atoms with Crippen molar-refractivity contribution >= 4 is 22.1 Å². The summed E-state index contributed by atoms with van der Waals surface area (Å²) in [6.07, 6.45) is 3.81. The molecule has 0 unspecified atom stereocenters. The first kappa shape index (κ1) is 15.8. The molecule has 3 aromatic heterocycles. The maximum Gasteiger partial charge on any atom is 0.381 e. The number of aromatic nitrogens is 3. The van der Waals surface area contributed by atoms with Crippen LogP contribution in [0.3, 0.4) is 0 Å². The Hall–Kier alpha value is -3.40. The van der Waals surface area contributed by atoms with Gasteiger partial charge in [-0.1, -0.05) is 30.3 Å². The smallest absolute Gasteiger partial charge is 0.381 e. The zero-order chi connectivity index (χ0) is 18.5. The van der Waals surface area contributed by atoms with Gasteiger partial charge in [-0.2, -0.15) is 4.57 Å². The number of nitrogens with zero attached hydrogens (tertiary/aromatic N) is 3. The molecule has 0 N–H and O–H groups in total. The summed E-state index contributed by atoms with van der Waals surface area (Å²) in [6.45, 7) is 2.15. The molecule has 0 aliphatic rings. The summed E-state index contributed by atoms with van der Waals surface area (Å²) in [5, 5.41) is 2.28. The highest BCUT2D eigenvalue weighted by molar-refractivity contribution is 6.02. The fraction of sp³-hybridized carbons (Fsp3) is 0.130. The van der Waals surface area contributed by atoms with Crippen LogP contribution in [0.15, 0.2) is 71.4 Å². The number of para-hydroxylation sites is 1. The van der Waals surface area contributed by atoms with Crippen molar-refractivity contribution in [1.82, 2.24) is 9.55 Å². The molecule has 132 valence electrons. The molecule has 0 radical (unpaired) electrons. The highest BCUT2D eigenvalue weighted by Gasteiger charge is 2.22. The van der Waals surface area contributed by atoms with Crippen molar-refractivity contribution in [1.29, 1.82) is 0 Å². The second-order valence-electron chi connectivity index (χ2n) is 6.93. The van der Waals surface area contributed by atoms with Gasteiger partial charge in [0.1, 0.15) is 18.5 Å². The van der Waals surface area contributed by atoms with Gasteiger partial charge in [0.05, 0.1) is 5.39 Å². The van der Waals surface area contributed by atoms with Crippen LogP contribution in [0.4, 0.5) is 0 Å². The fourth-order valence-corrected chi connectivity index (χ4v) is 3.90. The molecule has 5 aromatic rings. The molecule has 4 heteroatoms. The predicted octanol–water partition coefficient (Wildman–Crippen LogP) is 4.79. The number of benzene rings is 2. The Bertz CT molecular complexity index is 1310. The molecule has 0 bridgehead atoms. The first-order chi connectivity index (χ1) is 13.1. The van der Waals surface area contributed by atoms with Crippen LogP contribution in [0.25, 0.3) is 44.7 Å². The maximum absolute atomic E-state index is 6.15. The summed E-state index contributed by atoms with van der Waals surface area (Å²) in [5.74, 6) is 0.974. The van der Waals surface area contributed by atoms with Gasteiger partial charge in [0.25, 0.3) is 0 Å². The Labute approximate surface area is 157 Å². The van der Waals surface area contributed by atoms with Gasteiger partial charge in [-0.15, -0.1) is 0 Å². The number of fused-ring (bicyclic) bond motifs is 3. The minimum Gasteiger partial charge on any atom is -0.404 e. The number of aryl methyl sites for hydroxylation is 2. The molecule has 0 saturated heterocycles. The second kappa shape index (κ2) is 5.81. The molecule has 0 amide bonds. The number of hydrogen-bond donors (Lipinski definition) is 0. The van der Waals surface area contributed by atoms with Crippen molar-refractivity contribution in [2.75, 3.05) is 0 Å². The molecule has 0 atom stereocenters. The SMILES string of the molecule is Cc1c(-c2nccn2C)cccc1-c1ccc2c3ccccc3oc2[n+]1C. The van der Waals surface area contributed by atoms with Crippen molar-refractivity contribution in [3.63, 3.8) is 0 Å². The first-order valence-electron chi connectivity index (χ1n) is 9.03. The summed E-state index contributed by atoms with van der Waals surface area (Å²) >= 11 is 0. The Balaban J connectivity index is 1.76. The number of furan rings is 1. The average Bonchev–Trinajstić information content (AvgIpc) is 3.27. The summed E-state index contributed by atoms with van der Waals surface area (Å²) in [6, 6.07) is 18.9. The summed E-state index contributed by atoms with van der Waals surface area (Å²) < 4.78 is 10.3. The van der Waals surface area contributed by atoms with E-state index in [2.05, 4.69) is 64.5 Å². The largest absolute Gasteiger partial charge is 0.404 e. The normalized spacial score (nSPS) is 11.5. The van der Waals surface area contributed by atoms with Gasteiger partial charge in [0, 0.05) is 42.0 Å². The predicted molar refractivity (Wildman–Crippen MR) is 107 cm³/mol. The van der Waals surface area contributed by atoms with E-state index in [-0.39, 0.29) is 0 Å². The van der Waals surface area contributed by atoms with Crippen LogP contribution in [0.1, 0.15) is 5.56 Å². The zero-order valence-corrected chi connectivity index (χ0v) is 15.6. The van der Waals surface area contributed by atoms with E-state index in [4.69, 9.17) is 4.42 Å². The Morgan fingerprint density at radius 3 is 2.56 bits per heavy atom. The standard InChI is InChI=1S/C23H20N3O/c1-15-16(8-6-9-17(15)22-24-13-14-25(22)2)20-12-11-19-18-7-4-5-10-21(18)27-23(19)26(20)3/h4-14H,1-3H3/q+1. The number of imidazole rings is 1. The lowest BCUT2D eigenvalue weighted by Crippen LogP contribution is -2.31. The molecule has 2 aromatic carbocycles. The average molecular weight is 354 g/mol. The minimum absolute atomic E-state index is 0.885. The van der Waals surface area contributed by atoms with E-state index in [0.717, 1.165) is 39.2 Å². The van der Waals surface area contributed by atoms with Crippen LogP contribution in [0.5, 0.6) is 0 Å². The van der Waals surface area contributed by atoms with E-state index < -0.39 is 0 Å². The van der Waals surface area contributed by atoms with Crippen LogP contribution in [0.2, 0.25) is 0 Å². The summed E-state index contributed by atoms with van der Waals surface area (Å²) in [5.41, 5.74) is 6.45. The molecule has 27 heavy (non-hydrogen) atoms. The van der Waals surface area contributed by atoms with Crippen molar-refractivity contribution < 1.29 is 8.98 Å². The van der Waals surface area contributed by atoms with Crippen LogP contribution in [0, 0.1) is 6.92 Å². The van der Waals surface area contributed by atoms with Crippen LogP contribution in [-0.2, 0) is 14.1 Å². The van der Waals surface area contributed by atoms with Crippen molar-refractivity contribution in [3.05, 3.63) is 72.6 Å². The first-order valence-corrected chi connectivity index (χ1v) is 9.03. The molecule has 0 fully saturated rings. The molecule has 0 aliphatic carbocycles. The van der Waals surface area contributed by atoms with E-state index in [0.29, 0.717) is 0 Å². The van der Waals surface area contributed by atoms with E-state index in [9.17, 15) is 0 Å². The molecular weight excluding hydrogens is 334 g/mol. The topological polar surface area (TPSA) is 34.8 Å². The van der Waals surface area contributed by atoms with Gasteiger partial charge in [0.2, 0.25) is 5.69 Å². The molecular formula is C23H20N3O+. The third kappa shape index (κ3) is 2.30. The second-order valence-corrected chi connectivity index (χ2v) is 6.93. The van der Waals surface area contributed by atoms with Crippen molar-refractivity contribution in [2.24, 2.45) is 14.1 Å². The highest BCUT2D eigenvalue weighted by atomic mass is 16.3. The van der Waals surface area contributed by atoms with Crippen LogP contribution < -0.4 is 4.57 Å². The third-order valence-corrected chi connectivity index (χ3v) is 5.36. The van der Waals surface area contributed by atoms with E-state index in [1.54, 1.807) is 0 Å². The quantitative estimate of drug-likeness (QED) is 0.427. The van der Waals surface area contributed by atoms with Gasteiger partial charge in [0.15, 0.2) is 0 Å². The summed E-state index contributed by atoms with van der Waals surface area (Å²) in [4.78, 5) is 4.52. The lowest BCUT2D eigenvalue weighted by atomic mass is 9.98. The molecule has 5 rings (SSSR count). The lowest BCUT2D eigenvalue weighted by molar-refractivity contribution is -0.640. The highest BCUT2D eigenvalue weighted by Crippen LogP contribution is 2.32. The molecule has 3 heterocycles. The lowest BCUT2D eigenvalue weighted by Gasteiger charge is -2.10. The molecule has 4 nitrogen and oxygen atoms in total. The van der Waals surface area contributed by atoms with E-state index in [1.807, 2.05) is 37.6 Å². The fourth-order valence-electron chi connectivity index (χ4n) is 3.90. The van der Waals surface area contributed by atoms with Gasteiger partial charge < -0.3 is 8.98 Å². The van der Waals surface area contributed by atoms with Gasteiger partial charge in [-0.05, 0) is 30.7 Å². The molecule has 0 spiro atoms. The minimum atomic E-state index is 0.885. The summed E-state index contributed by atoms with van der Waals surface area (Å²) in [7, 11) is 4.09. The van der Waals surface area contributed by atoms with Gasteiger partial charge >= 0.3 is 5.71 Å². The number of rotatable bonds is 2. The number of hydrogen-bond acceptors (Lipinski definition) is 2. The van der Waals surface area contributed by atoms with Crippen molar-refractivity contribution in [2.45, 2.75) is 6.92 Å². The van der Waals surface area contributed by atoms with Gasteiger partial charge in [-0.3, -0.25) is 0 Å². The van der Waals surface area contributed by atoms with E-state index in [1.165, 1.54) is 11.1 Å². The van der Waals surface area contributed by atoms with Gasteiger partial charge in [-0.25, -0.2) is 4.98 Å². The Kier molecular flexibility index (Phi) is 3.41. The Morgan fingerprint density at radius 2 is 1.74 bits per heavy atom. The monoisotopic (exact) mass is 354 g/mol. The molecule has 0 aliphatic heterocycles.